The first kappa shape index (κ1) is 9.64. The van der Waals surface area contributed by atoms with Gasteiger partial charge in [-0.05, 0) is 17.7 Å². The van der Waals surface area contributed by atoms with Crippen molar-refractivity contribution in [3.8, 4) is 0 Å². The van der Waals surface area contributed by atoms with Crippen molar-refractivity contribution < 1.29 is 19.1 Å². The smallest absolute Gasteiger partial charge is 0.311 e. The summed E-state index contributed by atoms with van der Waals surface area (Å²) in [5.74, 6) is -2.85. The molecule has 1 aliphatic heterocycles. The number of anilines is 1. The van der Waals surface area contributed by atoms with Gasteiger partial charge in [-0.25, -0.2) is 4.39 Å². The molecule has 0 bridgehead atoms. The fourth-order valence-electron chi connectivity index (χ4n) is 1.66. The maximum atomic E-state index is 12.9. The third kappa shape index (κ3) is 1.68. The van der Waals surface area contributed by atoms with Crippen molar-refractivity contribution in [2.75, 3.05) is 5.32 Å². The van der Waals surface area contributed by atoms with Crippen LogP contribution in [0, 0.1) is 5.82 Å². The van der Waals surface area contributed by atoms with Crippen LogP contribution in [-0.2, 0) is 9.59 Å². The Kier molecular flexibility index (Phi) is 2.15. The highest BCUT2D eigenvalue weighted by Crippen LogP contribution is 2.32. The summed E-state index contributed by atoms with van der Waals surface area (Å²) in [5.41, 5.74) is 0.696. The van der Waals surface area contributed by atoms with E-state index in [1.165, 1.54) is 12.1 Å². The van der Waals surface area contributed by atoms with E-state index in [4.69, 9.17) is 5.11 Å². The fourth-order valence-corrected chi connectivity index (χ4v) is 1.66. The van der Waals surface area contributed by atoms with Crippen LogP contribution >= 0.6 is 0 Å². The Labute approximate surface area is 84.7 Å². The zero-order valence-corrected chi connectivity index (χ0v) is 7.66. The van der Waals surface area contributed by atoms with Crippen molar-refractivity contribution in [1.29, 1.82) is 0 Å². The van der Waals surface area contributed by atoms with Gasteiger partial charge in [0, 0.05) is 12.1 Å². The standard InChI is InChI=1S/C10H8FNO3/c11-5-1-2-6-7(10(14)15)4-9(13)12-8(6)3-5/h1-3,7H,4H2,(H,12,13)(H,14,15)/t7-/m1/s1. The average Bonchev–Trinajstić information content (AvgIpc) is 2.15. The van der Waals surface area contributed by atoms with Crippen molar-refractivity contribution in [2.45, 2.75) is 12.3 Å². The number of carboxylic acid groups (broad SMARTS) is 1. The van der Waals surface area contributed by atoms with Crippen molar-refractivity contribution in [3.05, 3.63) is 29.6 Å². The third-order valence-electron chi connectivity index (χ3n) is 2.35. The minimum Gasteiger partial charge on any atom is -0.481 e. The van der Waals surface area contributed by atoms with E-state index < -0.39 is 23.6 Å². The van der Waals surface area contributed by atoms with Gasteiger partial charge >= 0.3 is 5.97 Å². The van der Waals surface area contributed by atoms with Gasteiger partial charge in [0.2, 0.25) is 5.91 Å². The molecule has 1 aromatic rings. The predicted molar refractivity (Wildman–Crippen MR) is 50.0 cm³/mol. The molecule has 0 radical (unpaired) electrons. The van der Waals surface area contributed by atoms with Crippen LogP contribution < -0.4 is 5.32 Å². The molecular weight excluding hydrogens is 201 g/mol. The SMILES string of the molecule is O=C1C[C@@H](C(=O)O)c2ccc(F)cc2N1. The van der Waals surface area contributed by atoms with E-state index >= 15 is 0 Å². The van der Waals surface area contributed by atoms with E-state index in [1.54, 1.807) is 0 Å². The number of rotatable bonds is 1. The molecule has 5 heteroatoms. The second-order valence-corrected chi connectivity index (χ2v) is 3.37. The molecule has 4 nitrogen and oxygen atoms in total. The number of halogens is 1. The molecule has 0 aliphatic carbocycles. The number of benzene rings is 1. The molecule has 78 valence electrons. The molecule has 1 aliphatic rings. The second-order valence-electron chi connectivity index (χ2n) is 3.37. The summed E-state index contributed by atoms with van der Waals surface area (Å²) in [7, 11) is 0. The van der Waals surface area contributed by atoms with Crippen molar-refractivity contribution in [1.82, 2.24) is 0 Å². The topological polar surface area (TPSA) is 66.4 Å². The number of fused-ring (bicyclic) bond motifs is 1. The lowest BCUT2D eigenvalue weighted by atomic mass is 9.91. The van der Waals surface area contributed by atoms with Crippen LogP contribution in [0.5, 0.6) is 0 Å². The van der Waals surface area contributed by atoms with Crippen molar-refractivity contribution >= 4 is 17.6 Å². The van der Waals surface area contributed by atoms with E-state index in [9.17, 15) is 14.0 Å². The van der Waals surface area contributed by atoms with Gasteiger partial charge in [-0.15, -0.1) is 0 Å². The summed E-state index contributed by atoms with van der Waals surface area (Å²) in [5, 5.41) is 11.3. The Morgan fingerprint density at radius 2 is 2.27 bits per heavy atom. The molecule has 0 unspecified atom stereocenters. The molecule has 1 aromatic carbocycles. The van der Waals surface area contributed by atoms with Gasteiger partial charge in [0.05, 0.1) is 5.92 Å². The third-order valence-corrected chi connectivity index (χ3v) is 2.35. The number of carbonyl (C=O) groups is 2. The van der Waals surface area contributed by atoms with E-state index in [0.29, 0.717) is 5.56 Å². The molecule has 1 heterocycles. The van der Waals surface area contributed by atoms with E-state index in [1.807, 2.05) is 0 Å². The van der Waals surface area contributed by atoms with Crippen LogP contribution in [-0.4, -0.2) is 17.0 Å². The van der Waals surface area contributed by atoms with Crippen LogP contribution in [0.15, 0.2) is 18.2 Å². The van der Waals surface area contributed by atoms with Gasteiger partial charge in [-0.3, -0.25) is 9.59 Å². The minimum absolute atomic E-state index is 0.103. The Morgan fingerprint density at radius 1 is 1.53 bits per heavy atom. The Bertz CT molecular complexity index is 444. The van der Waals surface area contributed by atoms with Crippen molar-refractivity contribution in [3.63, 3.8) is 0 Å². The summed E-state index contributed by atoms with van der Waals surface area (Å²) in [6.45, 7) is 0. The molecule has 0 aromatic heterocycles. The van der Waals surface area contributed by atoms with E-state index in [2.05, 4.69) is 5.32 Å². The van der Waals surface area contributed by atoms with Gasteiger partial charge in [0.25, 0.3) is 0 Å². The molecule has 2 rings (SSSR count). The highest BCUT2D eigenvalue weighted by molar-refractivity contribution is 5.99. The van der Waals surface area contributed by atoms with Crippen LogP contribution in [0.1, 0.15) is 17.9 Å². The lowest BCUT2D eigenvalue weighted by Crippen LogP contribution is -2.27. The Morgan fingerprint density at radius 3 is 2.93 bits per heavy atom. The maximum Gasteiger partial charge on any atom is 0.311 e. The number of aliphatic carboxylic acids is 1. The number of carboxylic acids is 1. The first-order valence-corrected chi connectivity index (χ1v) is 4.40. The summed E-state index contributed by atoms with van der Waals surface area (Å²) in [6.07, 6.45) is -0.103. The molecular formula is C10H8FNO3. The lowest BCUT2D eigenvalue weighted by molar-refractivity contribution is -0.140. The van der Waals surface area contributed by atoms with Gasteiger partial charge < -0.3 is 10.4 Å². The van der Waals surface area contributed by atoms with Crippen LogP contribution in [0.4, 0.5) is 10.1 Å². The fraction of sp³-hybridized carbons (Fsp3) is 0.200. The zero-order valence-electron chi connectivity index (χ0n) is 7.66. The average molecular weight is 209 g/mol. The van der Waals surface area contributed by atoms with E-state index in [-0.39, 0.29) is 12.1 Å². The Hall–Kier alpha value is -1.91. The number of hydrogen-bond acceptors (Lipinski definition) is 2. The number of hydrogen-bond donors (Lipinski definition) is 2. The van der Waals surface area contributed by atoms with Crippen LogP contribution in [0.25, 0.3) is 0 Å². The summed E-state index contributed by atoms with van der Waals surface area (Å²) in [6, 6.07) is 3.71. The molecule has 1 atom stereocenters. The second kappa shape index (κ2) is 3.34. The summed E-state index contributed by atoms with van der Waals surface area (Å²) in [4.78, 5) is 22.0. The Balaban J connectivity index is 2.51. The lowest BCUT2D eigenvalue weighted by Gasteiger charge is -2.22. The summed E-state index contributed by atoms with van der Waals surface area (Å²) < 4.78 is 12.9. The van der Waals surface area contributed by atoms with Gasteiger partial charge in [-0.2, -0.15) is 0 Å². The quantitative estimate of drug-likeness (QED) is 0.733. The van der Waals surface area contributed by atoms with Crippen LogP contribution in [0.2, 0.25) is 0 Å². The molecule has 15 heavy (non-hydrogen) atoms. The van der Waals surface area contributed by atoms with Gasteiger partial charge in [0.1, 0.15) is 5.82 Å². The first-order valence-electron chi connectivity index (χ1n) is 4.40. The normalized spacial score (nSPS) is 19.3. The number of carbonyl (C=O) groups excluding carboxylic acids is 1. The molecule has 0 spiro atoms. The van der Waals surface area contributed by atoms with Crippen LogP contribution in [0.3, 0.4) is 0 Å². The zero-order chi connectivity index (χ0) is 11.0. The molecule has 2 N–H and O–H groups in total. The monoisotopic (exact) mass is 209 g/mol. The van der Waals surface area contributed by atoms with E-state index in [0.717, 1.165) is 6.07 Å². The van der Waals surface area contributed by atoms with Crippen molar-refractivity contribution in [2.24, 2.45) is 0 Å². The molecule has 0 saturated carbocycles. The molecule has 1 amide bonds. The number of nitrogens with one attached hydrogen (secondary N) is 1. The number of amides is 1. The maximum absolute atomic E-state index is 12.9. The highest BCUT2D eigenvalue weighted by Gasteiger charge is 2.30. The summed E-state index contributed by atoms with van der Waals surface area (Å²) >= 11 is 0. The molecule has 0 fully saturated rings. The molecule has 0 saturated heterocycles. The first-order chi connectivity index (χ1) is 7.08. The predicted octanol–water partition coefficient (Wildman–Crippen LogP) is 1.34. The van der Waals surface area contributed by atoms with Gasteiger partial charge in [0.15, 0.2) is 0 Å². The minimum atomic E-state index is -1.07. The largest absolute Gasteiger partial charge is 0.481 e. The highest BCUT2D eigenvalue weighted by atomic mass is 19.1. The van der Waals surface area contributed by atoms with Gasteiger partial charge in [-0.1, -0.05) is 6.07 Å².